The first-order chi connectivity index (χ1) is 15.2. The van der Waals surface area contributed by atoms with Crippen molar-refractivity contribution in [2.45, 2.75) is 32.1 Å². The fourth-order valence-electron chi connectivity index (χ4n) is 4.12. The van der Waals surface area contributed by atoms with Gasteiger partial charge in [-0.25, -0.2) is 4.99 Å². The van der Waals surface area contributed by atoms with Crippen LogP contribution in [0.25, 0.3) is 10.9 Å². The Morgan fingerprint density at radius 2 is 1.87 bits per heavy atom. The average molecular weight is 418 g/mol. The molecule has 0 spiro atoms. The third kappa shape index (κ3) is 4.22. The Morgan fingerprint density at radius 3 is 2.74 bits per heavy atom. The van der Waals surface area contributed by atoms with E-state index in [9.17, 15) is 0 Å². The largest absolute Gasteiger partial charge is 0.490 e. The Bertz CT molecular complexity index is 1130. The van der Waals surface area contributed by atoms with Gasteiger partial charge in [0, 0.05) is 28.9 Å². The third-order valence-corrected chi connectivity index (χ3v) is 5.63. The van der Waals surface area contributed by atoms with E-state index >= 15 is 0 Å². The normalized spacial score (nSPS) is 19.5. The summed E-state index contributed by atoms with van der Waals surface area (Å²) in [6.07, 6.45) is 5.41. The quantitative estimate of drug-likeness (QED) is 0.590. The van der Waals surface area contributed by atoms with Crippen molar-refractivity contribution in [3.05, 3.63) is 66.5 Å². The lowest BCUT2D eigenvalue weighted by Crippen LogP contribution is -2.48. The highest BCUT2D eigenvalue weighted by Gasteiger charge is 2.25. The van der Waals surface area contributed by atoms with Gasteiger partial charge in [0.1, 0.15) is 17.6 Å². The van der Waals surface area contributed by atoms with E-state index in [1.807, 2.05) is 60.4 Å². The van der Waals surface area contributed by atoms with Gasteiger partial charge in [-0.15, -0.1) is 0 Å². The molecule has 1 fully saturated rings. The van der Waals surface area contributed by atoms with E-state index in [2.05, 4.69) is 21.4 Å². The summed E-state index contributed by atoms with van der Waals surface area (Å²) in [5.41, 5.74) is 9.36. The summed E-state index contributed by atoms with van der Waals surface area (Å²) in [6.45, 7) is 4.02. The molecule has 0 radical (unpaired) electrons. The second kappa shape index (κ2) is 8.35. The maximum Gasteiger partial charge on any atom is 0.203 e. The SMILES string of the molecule is Cc1cc2cc(OC3C=CN=C(N)N3c3cccc(OC4CCNCC4)c3)ccc2[nH]1. The summed E-state index contributed by atoms with van der Waals surface area (Å²) in [7, 11) is 0. The average Bonchev–Trinajstić information content (AvgIpc) is 3.14. The summed E-state index contributed by atoms with van der Waals surface area (Å²) in [6, 6.07) is 16.1. The molecule has 3 aromatic rings. The number of anilines is 1. The molecule has 160 valence electrons. The Kier molecular flexibility index (Phi) is 5.26. The Morgan fingerprint density at radius 1 is 1.03 bits per heavy atom. The molecule has 1 aromatic heterocycles. The third-order valence-electron chi connectivity index (χ3n) is 5.63. The van der Waals surface area contributed by atoms with Gasteiger partial charge in [-0.2, -0.15) is 0 Å². The standard InChI is InChI=1S/C24H27N5O2/c1-16-13-17-14-21(5-6-22(17)28-16)31-23-9-12-27-24(25)29(23)18-3-2-4-20(15-18)30-19-7-10-26-11-8-19/h2-6,9,12-15,19,23,26,28H,7-8,10-11H2,1H3,(H2,25,27). The molecule has 7 heteroatoms. The number of benzene rings is 2. The number of guanidine groups is 1. The van der Waals surface area contributed by atoms with Crippen LogP contribution in [0, 0.1) is 6.92 Å². The van der Waals surface area contributed by atoms with Gasteiger partial charge in [-0.1, -0.05) is 6.07 Å². The topological polar surface area (TPSA) is 87.9 Å². The van der Waals surface area contributed by atoms with Crippen LogP contribution in [0.15, 0.2) is 65.8 Å². The number of piperidine rings is 1. The molecule has 5 rings (SSSR count). The highest BCUT2D eigenvalue weighted by molar-refractivity contribution is 5.96. The number of hydrogen-bond donors (Lipinski definition) is 3. The molecule has 3 heterocycles. The van der Waals surface area contributed by atoms with Gasteiger partial charge >= 0.3 is 0 Å². The summed E-state index contributed by atoms with van der Waals surface area (Å²) < 4.78 is 12.5. The molecule has 1 atom stereocenters. The molecule has 1 saturated heterocycles. The lowest BCUT2D eigenvalue weighted by Gasteiger charge is -2.33. The minimum absolute atomic E-state index is 0.229. The van der Waals surface area contributed by atoms with Crippen LogP contribution in [-0.2, 0) is 0 Å². The highest BCUT2D eigenvalue weighted by atomic mass is 16.5. The van der Waals surface area contributed by atoms with Gasteiger partial charge in [-0.3, -0.25) is 4.90 Å². The van der Waals surface area contributed by atoms with Crippen molar-refractivity contribution >= 4 is 22.5 Å². The maximum absolute atomic E-state index is 6.32. The second-order valence-corrected chi connectivity index (χ2v) is 7.97. The van der Waals surface area contributed by atoms with Crippen LogP contribution in [-0.4, -0.2) is 36.4 Å². The monoisotopic (exact) mass is 417 g/mol. The predicted octanol–water partition coefficient (Wildman–Crippen LogP) is 3.66. The van der Waals surface area contributed by atoms with Gasteiger partial charge in [-0.05, 0) is 75.3 Å². The number of nitrogens with one attached hydrogen (secondary N) is 2. The van der Waals surface area contributed by atoms with E-state index in [0.29, 0.717) is 5.96 Å². The molecule has 2 aliphatic rings. The van der Waals surface area contributed by atoms with Crippen molar-refractivity contribution in [2.24, 2.45) is 10.7 Å². The lowest BCUT2D eigenvalue weighted by molar-refractivity contribution is 0.162. The van der Waals surface area contributed by atoms with Crippen LogP contribution in [0.5, 0.6) is 11.5 Å². The van der Waals surface area contributed by atoms with E-state index in [1.165, 1.54) is 0 Å². The molecule has 2 aliphatic heterocycles. The first-order valence-corrected chi connectivity index (χ1v) is 10.7. The number of aryl methyl sites for hydroxylation is 1. The van der Waals surface area contributed by atoms with E-state index in [-0.39, 0.29) is 6.10 Å². The molecule has 0 saturated carbocycles. The van der Waals surface area contributed by atoms with Gasteiger partial charge in [0.15, 0.2) is 6.23 Å². The van der Waals surface area contributed by atoms with Crippen LogP contribution in [0.2, 0.25) is 0 Å². The number of rotatable bonds is 5. The molecule has 0 aliphatic carbocycles. The zero-order valence-electron chi connectivity index (χ0n) is 17.5. The zero-order chi connectivity index (χ0) is 21.2. The fraction of sp³-hybridized carbons (Fsp3) is 0.292. The molecule has 0 amide bonds. The summed E-state index contributed by atoms with van der Waals surface area (Å²) >= 11 is 0. The first-order valence-electron chi connectivity index (χ1n) is 10.7. The van der Waals surface area contributed by atoms with Crippen molar-refractivity contribution in [2.75, 3.05) is 18.0 Å². The molecule has 2 aromatic carbocycles. The van der Waals surface area contributed by atoms with Crippen molar-refractivity contribution in [3.8, 4) is 11.5 Å². The molecule has 31 heavy (non-hydrogen) atoms. The molecular weight excluding hydrogens is 390 g/mol. The van der Waals surface area contributed by atoms with Crippen LogP contribution < -0.4 is 25.4 Å². The smallest absolute Gasteiger partial charge is 0.203 e. The van der Waals surface area contributed by atoms with Crippen molar-refractivity contribution in [1.29, 1.82) is 0 Å². The lowest BCUT2D eigenvalue weighted by atomic mass is 10.1. The van der Waals surface area contributed by atoms with Crippen molar-refractivity contribution in [3.63, 3.8) is 0 Å². The number of nitrogens with two attached hydrogens (primary N) is 1. The van der Waals surface area contributed by atoms with E-state index < -0.39 is 6.23 Å². The minimum Gasteiger partial charge on any atom is -0.490 e. The number of fused-ring (bicyclic) bond motifs is 1. The van der Waals surface area contributed by atoms with Crippen molar-refractivity contribution in [1.82, 2.24) is 10.3 Å². The minimum atomic E-state index is -0.413. The molecule has 7 nitrogen and oxygen atoms in total. The van der Waals surface area contributed by atoms with E-state index in [0.717, 1.165) is 59.7 Å². The number of aliphatic imine (C=N–C) groups is 1. The van der Waals surface area contributed by atoms with Gasteiger partial charge in [0.2, 0.25) is 5.96 Å². The number of aromatic nitrogens is 1. The van der Waals surface area contributed by atoms with Crippen LogP contribution in [0.1, 0.15) is 18.5 Å². The summed E-state index contributed by atoms with van der Waals surface area (Å²) in [5.74, 6) is 1.97. The zero-order valence-corrected chi connectivity index (χ0v) is 17.5. The highest BCUT2D eigenvalue weighted by Crippen LogP contribution is 2.29. The predicted molar refractivity (Wildman–Crippen MR) is 124 cm³/mol. The Balaban J connectivity index is 1.38. The van der Waals surface area contributed by atoms with Gasteiger partial charge in [0.25, 0.3) is 0 Å². The van der Waals surface area contributed by atoms with Crippen LogP contribution in [0.3, 0.4) is 0 Å². The fourth-order valence-corrected chi connectivity index (χ4v) is 4.12. The second-order valence-electron chi connectivity index (χ2n) is 7.97. The Labute approximate surface area is 181 Å². The first kappa shape index (κ1) is 19.5. The summed E-state index contributed by atoms with van der Waals surface area (Å²) in [5, 5.41) is 4.48. The van der Waals surface area contributed by atoms with E-state index in [1.54, 1.807) is 6.20 Å². The number of nitrogens with zero attached hydrogens (tertiary/aromatic N) is 2. The molecule has 1 unspecified atom stereocenters. The number of aromatic amines is 1. The molecule has 4 N–H and O–H groups in total. The van der Waals surface area contributed by atoms with E-state index in [4.69, 9.17) is 15.2 Å². The van der Waals surface area contributed by atoms with Gasteiger partial charge < -0.3 is 25.5 Å². The van der Waals surface area contributed by atoms with Crippen LogP contribution in [0.4, 0.5) is 5.69 Å². The van der Waals surface area contributed by atoms with Crippen molar-refractivity contribution < 1.29 is 9.47 Å². The van der Waals surface area contributed by atoms with Gasteiger partial charge in [0.05, 0.1) is 5.69 Å². The maximum atomic E-state index is 6.32. The van der Waals surface area contributed by atoms with Crippen LogP contribution >= 0.6 is 0 Å². The number of ether oxygens (including phenoxy) is 2. The number of H-pyrrole nitrogens is 1. The number of hydrogen-bond acceptors (Lipinski definition) is 6. The Hall–Kier alpha value is -3.45. The molecule has 0 bridgehead atoms. The molecular formula is C24H27N5O2. The summed E-state index contributed by atoms with van der Waals surface area (Å²) in [4.78, 5) is 9.49.